The van der Waals surface area contributed by atoms with Gasteiger partial charge in [0.05, 0.1) is 0 Å². The maximum Gasteiger partial charge on any atom is 0.178 e. The monoisotopic (exact) mass is 184 g/mol. The van der Waals surface area contributed by atoms with Gasteiger partial charge in [0.1, 0.15) is 0 Å². The van der Waals surface area contributed by atoms with Crippen LogP contribution in [0.1, 0.15) is 0 Å². The lowest BCUT2D eigenvalue weighted by atomic mass is 10.5. The summed E-state index contributed by atoms with van der Waals surface area (Å²) >= 11 is 3.24. The Labute approximate surface area is 61.5 Å². The second-order valence-corrected chi connectivity index (χ2v) is 2.56. The summed E-state index contributed by atoms with van der Waals surface area (Å²) in [6.45, 7) is 0. The highest BCUT2D eigenvalue weighted by Crippen LogP contribution is 2.02. The highest BCUT2D eigenvalue weighted by Gasteiger charge is 1.79. The summed E-state index contributed by atoms with van der Waals surface area (Å²) in [7, 11) is 0. The predicted octanol–water partition coefficient (Wildman–Crippen LogP) is 1.81. The summed E-state index contributed by atoms with van der Waals surface area (Å²) in [5, 5.41) is 0. The quantitative estimate of drug-likeness (QED) is 0.602. The van der Waals surface area contributed by atoms with Gasteiger partial charge in [-0.25, -0.2) is 0 Å². The van der Waals surface area contributed by atoms with Gasteiger partial charge in [0.15, 0.2) is 5.43 Å². The lowest BCUT2D eigenvalue weighted by molar-refractivity contribution is 1.67. The van der Waals surface area contributed by atoms with Gasteiger partial charge in [0, 0.05) is 4.47 Å². The molecule has 0 bridgehead atoms. The first-order valence-corrected chi connectivity index (χ1v) is 3.34. The standard InChI is InChI=1S/C7H5BrO/c8-6-2-1-3-7(9)5-4-6/h1-5H. The van der Waals surface area contributed by atoms with Crippen molar-refractivity contribution in [1.82, 2.24) is 0 Å². The van der Waals surface area contributed by atoms with Crippen LogP contribution in [-0.2, 0) is 0 Å². The molecule has 0 fully saturated rings. The molecule has 0 atom stereocenters. The molecular weight excluding hydrogens is 180 g/mol. The summed E-state index contributed by atoms with van der Waals surface area (Å²) in [6, 6.07) is 8.30. The molecule has 0 radical (unpaired) electrons. The van der Waals surface area contributed by atoms with Gasteiger partial charge >= 0.3 is 0 Å². The molecule has 2 heteroatoms. The Bertz CT molecular complexity index is 257. The molecule has 0 amide bonds. The number of rotatable bonds is 0. The third-order valence-corrected chi connectivity index (χ3v) is 1.45. The second-order valence-electron chi connectivity index (χ2n) is 1.65. The molecule has 1 aromatic rings. The van der Waals surface area contributed by atoms with Gasteiger partial charge in [-0.15, -0.1) is 0 Å². The zero-order valence-electron chi connectivity index (χ0n) is 4.67. The van der Waals surface area contributed by atoms with E-state index in [1.54, 1.807) is 12.1 Å². The molecule has 0 aliphatic carbocycles. The van der Waals surface area contributed by atoms with E-state index in [9.17, 15) is 4.79 Å². The van der Waals surface area contributed by atoms with Crippen molar-refractivity contribution in [3.63, 3.8) is 0 Å². The zero-order valence-corrected chi connectivity index (χ0v) is 6.26. The number of hydrogen-bond acceptors (Lipinski definition) is 1. The van der Waals surface area contributed by atoms with E-state index >= 15 is 0 Å². The van der Waals surface area contributed by atoms with E-state index < -0.39 is 0 Å². The first-order valence-electron chi connectivity index (χ1n) is 2.55. The van der Waals surface area contributed by atoms with Gasteiger partial charge in [-0.2, -0.15) is 0 Å². The highest BCUT2D eigenvalue weighted by atomic mass is 79.9. The molecule has 0 aliphatic heterocycles. The van der Waals surface area contributed by atoms with E-state index in [-0.39, 0.29) is 5.43 Å². The van der Waals surface area contributed by atoms with Gasteiger partial charge in [0.2, 0.25) is 0 Å². The summed E-state index contributed by atoms with van der Waals surface area (Å²) in [4.78, 5) is 10.6. The number of hydrogen-bond donors (Lipinski definition) is 0. The van der Waals surface area contributed by atoms with E-state index in [4.69, 9.17) is 0 Å². The molecule has 46 valence electrons. The Balaban J connectivity index is 3.33. The van der Waals surface area contributed by atoms with Crippen LogP contribution >= 0.6 is 15.9 Å². The van der Waals surface area contributed by atoms with Crippen molar-refractivity contribution in [3.8, 4) is 0 Å². The summed E-state index contributed by atoms with van der Waals surface area (Å²) < 4.78 is 0.921. The fourth-order valence-electron chi connectivity index (χ4n) is 0.508. The van der Waals surface area contributed by atoms with Crippen molar-refractivity contribution in [3.05, 3.63) is 45.0 Å². The summed E-state index contributed by atoms with van der Waals surface area (Å²) in [5.41, 5.74) is 0.0284. The van der Waals surface area contributed by atoms with Crippen molar-refractivity contribution in [2.45, 2.75) is 0 Å². The van der Waals surface area contributed by atoms with Gasteiger partial charge in [-0.3, -0.25) is 4.79 Å². The second kappa shape index (κ2) is 2.78. The van der Waals surface area contributed by atoms with Crippen molar-refractivity contribution in [2.24, 2.45) is 0 Å². The van der Waals surface area contributed by atoms with Crippen molar-refractivity contribution in [2.75, 3.05) is 0 Å². The van der Waals surface area contributed by atoms with Crippen LogP contribution in [0.15, 0.2) is 39.6 Å². The molecule has 0 aliphatic rings. The molecule has 0 unspecified atom stereocenters. The Morgan fingerprint density at radius 1 is 1.11 bits per heavy atom. The lowest BCUT2D eigenvalue weighted by Crippen LogP contribution is -1.87. The Morgan fingerprint density at radius 2 is 1.89 bits per heavy atom. The van der Waals surface area contributed by atoms with Crippen LogP contribution in [-0.4, -0.2) is 0 Å². The third kappa shape index (κ3) is 1.98. The van der Waals surface area contributed by atoms with Crippen LogP contribution in [0, 0.1) is 0 Å². The Kier molecular flexibility index (Phi) is 2.01. The van der Waals surface area contributed by atoms with E-state index in [0.29, 0.717) is 0 Å². The largest absolute Gasteiger partial charge is 0.290 e. The fourth-order valence-corrected chi connectivity index (χ4v) is 0.793. The SMILES string of the molecule is O=c1cccc(Br)cc1. The zero-order chi connectivity index (χ0) is 6.69. The fraction of sp³-hybridized carbons (Fsp3) is 0. The molecular formula is C7H5BrO. The first-order chi connectivity index (χ1) is 4.29. The topological polar surface area (TPSA) is 17.1 Å². The molecule has 0 saturated carbocycles. The van der Waals surface area contributed by atoms with Gasteiger partial charge in [-0.1, -0.05) is 22.0 Å². The minimum atomic E-state index is 0.0284. The Hall–Kier alpha value is -0.630. The third-order valence-electron chi connectivity index (χ3n) is 0.923. The molecule has 0 spiro atoms. The highest BCUT2D eigenvalue weighted by molar-refractivity contribution is 9.10. The van der Waals surface area contributed by atoms with Crippen molar-refractivity contribution < 1.29 is 0 Å². The van der Waals surface area contributed by atoms with Gasteiger partial charge in [-0.05, 0) is 24.3 Å². The van der Waals surface area contributed by atoms with Crippen LogP contribution in [0.25, 0.3) is 0 Å². The van der Waals surface area contributed by atoms with Crippen LogP contribution in [0.5, 0.6) is 0 Å². The average molecular weight is 185 g/mol. The molecule has 1 nitrogen and oxygen atoms in total. The minimum Gasteiger partial charge on any atom is -0.290 e. The summed E-state index contributed by atoms with van der Waals surface area (Å²) in [6.07, 6.45) is 0. The molecule has 0 saturated heterocycles. The minimum absolute atomic E-state index is 0.0284. The van der Waals surface area contributed by atoms with E-state index in [1.165, 1.54) is 12.1 Å². The molecule has 0 aromatic heterocycles. The van der Waals surface area contributed by atoms with Gasteiger partial charge < -0.3 is 0 Å². The van der Waals surface area contributed by atoms with Crippen molar-refractivity contribution >= 4 is 15.9 Å². The average Bonchev–Trinajstić information content (AvgIpc) is 1.97. The first kappa shape index (κ1) is 6.49. The summed E-state index contributed by atoms with van der Waals surface area (Å²) in [5.74, 6) is 0. The molecule has 0 N–H and O–H groups in total. The van der Waals surface area contributed by atoms with Crippen molar-refractivity contribution in [1.29, 1.82) is 0 Å². The van der Waals surface area contributed by atoms with E-state index in [0.717, 1.165) is 4.47 Å². The predicted molar refractivity (Wildman–Crippen MR) is 40.4 cm³/mol. The maximum absolute atomic E-state index is 10.6. The van der Waals surface area contributed by atoms with Crippen LogP contribution in [0.4, 0.5) is 0 Å². The molecule has 9 heavy (non-hydrogen) atoms. The molecule has 1 rings (SSSR count). The van der Waals surface area contributed by atoms with Crippen LogP contribution in [0.2, 0.25) is 0 Å². The van der Waals surface area contributed by atoms with Crippen LogP contribution < -0.4 is 5.43 Å². The molecule has 0 heterocycles. The van der Waals surface area contributed by atoms with Crippen LogP contribution in [0.3, 0.4) is 0 Å². The lowest BCUT2D eigenvalue weighted by Gasteiger charge is -1.71. The van der Waals surface area contributed by atoms with E-state index in [2.05, 4.69) is 15.9 Å². The Morgan fingerprint density at radius 3 is 2.67 bits per heavy atom. The number of halogens is 1. The maximum atomic E-state index is 10.6. The van der Waals surface area contributed by atoms with Gasteiger partial charge in [0.25, 0.3) is 0 Å². The molecule has 1 aromatic carbocycles. The smallest absolute Gasteiger partial charge is 0.178 e. The normalized spacial score (nSPS) is 9.00. The van der Waals surface area contributed by atoms with E-state index in [1.807, 2.05) is 6.07 Å².